The zero-order valence-corrected chi connectivity index (χ0v) is 61.3. The van der Waals surface area contributed by atoms with Crippen LogP contribution in [0.2, 0.25) is 0 Å². The predicted octanol–water partition coefficient (Wildman–Crippen LogP) is -25.1. The normalized spacial score (nSPS) is 60.4. The minimum Gasteiger partial charge on any atom is -0.393 e. The second kappa shape index (κ2) is 19.3. The van der Waals surface area contributed by atoms with Crippen molar-refractivity contribution in [2.45, 2.75) is 0 Å². The van der Waals surface area contributed by atoms with Crippen LogP contribution in [-0.2, 0) is 144 Å². The highest BCUT2D eigenvalue weighted by Gasteiger charge is 2.92. The monoisotopic (exact) mass is 1630 g/mol. The van der Waals surface area contributed by atoms with E-state index in [2.05, 4.69) is 16.5 Å². The third kappa shape index (κ3) is 13.0. The van der Waals surface area contributed by atoms with E-state index in [1.54, 1.807) is 0 Å². The van der Waals surface area contributed by atoms with Crippen molar-refractivity contribution in [1.82, 2.24) is 0 Å². The van der Waals surface area contributed by atoms with E-state index in [1.807, 2.05) is 0 Å². The topological polar surface area (TPSA) is 788 Å². The summed E-state index contributed by atoms with van der Waals surface area (Å²) in [6, 6.07) is 0. The van der Waals surface area contributed by atoms with Gasteiger partial charge in [0, 0.05) is 0 Å². The van der Waals surface area contributed by atoms with Crippen molar-refractivity contribution in [2.24, 2.45) is 0 Å². The van der Waals surface area contributed by atoms with Gasteiger partial charge in [0.2, 0.25) is 0 Å². The van der Waals surface area contributed by atoms with E-state index in [0.717, 1.165) is 0 Å². The van der Waals surface area contributed by atoms with Gasteiger partial charge in [-0.2, -0.15) is 0 Å². The molecular formula is H26O58Si24. The van der Waals surface area contributed by atoms with Crippen LogP contribution in [0.5, 0.6) is 0 Å². The molecule has 0 aromatic heterocycles. The Hall–Kier alpha value is 2.89. The van der Waals surface area contributed by atoms with E-state index in [0.29, 0.717) is 0 Å². The number of hydrogen-bond donors (Lipinski definition) is 23. The molecule has 0 aromatic rings. The fourth-order valence-corrected chi connectivity index (χ4v) is 90.9. The predicted molar refractivity (Wildman–Crippen MR) is 231 cm³/mol. The Morgan fingerprint density at radius 2 is 0.329 bits per heavy atom. The molecule has 12 aliphatic rings. The SMILES string of the molecule is O[SiH]1O[Si]2(O)O[Si]3(O)O[Si](O)(O)O[Si]4(O)O[Si](O)(O1)O[Si](O)(O2)O[Si](O[Si]12O[Si](O)(O)O[Si]5(O)O[Si]6(O)O[SiH](O)O[Si](O)(O1)O[Si](O[Si]17O[SiH](O)O[Si]8(O)O[Si]9(O)O[Si](O)(O)O[Si](O)(O[Si](O)(O9)O[Si](O)(O8)O1)O7)(O6)O[Si](O)(O5)O2)(O3)O4. The average molecular weight is 1630 g/mol. The molecule has 82 heteroatoms. The highest BCUT2D eigenvalue weighted by molar-refractivity contribution is 7.00. The van der Waals surface area contributed by atoms with Crippen molar-refractivity contribution < 1.29 is 254 Å². The molecule has 0 amide bonds. The lowest BCUT2D eigenvalue weighted by atomic mass is 15.5. The Morgan fingerprint density at radius 3 is 0.646 bits per heavy atom. The van der Waals surface area contributed by atoms with Gasteiger partial charge in [0.15, 0.2) is 0 Å². The lowest BCUT2D eigenvalue weighted by Gasteiger charge is -2.54. The summed E-state index contributed by atoms with van der Waals surface area (Å²) < 4.78 is 176. The van der Waals surface area contributed by atoms with Gasteiger partial charge in [-0.25, -0.2) is 0 Å². The third-order valence-electron chi connectivity index (χ3n) is 8.94. The zero-order chi connectivity index (χ0) is 60.0. The van der Waals surface area contributed by atoms with Crippen LogP contribution in [0.3, 0.4) is 0 Å². The van der Waals surface area contributed by atoms with Gasteiger partial charge in [-0.1, -0.05) is 0 Å². The average Bonchev–Trinajstić information content (AvgIpc) is 3.02. The van der Waals surface area contributed by atoms with Crippen LogP contribution in [0.1, 0.15) is 0 Å². The minimum atomic E-state index is -7.58. The molecule has 23 N–H and O–H groups in total. The smallest absolute Gasteiger partial charge is 0.393 e. The first-order valence-electron chi connectivity index (χ1n) is 19.7. The molecule has 0 spiro atoms. The molecular weight excluding hydrogens is 1600 g/mol. The van der Waals surface area contributed by atoms with E-state index < -0.39 is 219 Å². The van der Waals surface area contributed by atoms with Crippen molar-refractivity contribution in [2.75, 3.05) is 0 Å². The zero-order valence-electron chi connectivity index (χ0n) is 36.8. The van der Waals surface area contributed by atoms with Crippen molar-refractivity contribution in [3.05, 3.63) is 0 Å². The molecule has 18 bridgehead atoms. The highest BCUT2D eigenvalue weighted by atomic mass is 28.7. The molecule has 0 aromatic carbocycles. The van der Waals surface area contributed by atoms with Crippen molar-refractivity contribution in [1.29, 1.82) is 0 Å². The van der Waals surface area contributed by atoms with Crippen LogP contribution in [0.4, 0.5) is 0 Å². The summed E-state index contributed by atoms with van der Waals surface area (Å²) in [5.74, 6) is 0. The molecule has 12 saturated heterocycles. The van der Waals surface area contributed by atoms with Gasteiger partial charge < -0.3 is 254 Å². The van der Waals surface area contributed by atoms with Gasteiger partial charge in [0.05, 0.1) is 0 Å². The van der Waals surface area contributed by atoms with Crippen LogP contribution < -0.4 is 0 Å². The van der Waals surface area contributed by atoms with E-state index in [9.17, 15) is 110 Å². The van der Waals surface area contributed by atoms with Crippen molar-refractivity contribution in [3.63, 3.8) is 0 Å². The van der Waals surface area contributed by atoms with Gasteiger partial charge in [0.1, 0.15) is 0 Å². The van der Waals surface area contributed by atoms with Crippen LogP contribution in [0, 0.1) is 0 Å². The van der Waals surface area contributed by atoms with Gasteiger partial charge in [-0.3, -0.25) is 0 Å². The molecule has 0 aliphatic carbocycles. The first-order valence-corrected chi connectivity index (χ1v) is 59.2. The maximum Gasteiger partial charge on any atom is 0.662 e. The summed E-state index contributed by atoms with van der Waals surface area (Å²) >= 11 is 0. The van der Waals surface area contributed by atoms with Gasteiger partial charge in [0.25, 0.3) is 0 Å². The molecule has 12 aliphatic heterocycles. The Balaban J connectivity index is 1.03. The summed E-state index contributed by atoms with van der Waals surface area (Å²) in [6.07, 6.45) is 0. The fraction of sp³-hybridized carbons (Fsp3) is 0. The Labute approximate surface area is 470 Å². The van der Waals surface area contributed by atoms with E-state index in [1.165, 1.54) is 0 Å². The molecule has 82 heavy (non-hydrogen) atoms. The minimum absolute atomic E-state index is 4.53. The van der Waals surface area contributed by atoms with E-state index in [4.69, 9.17) is 128 Å². The van der Waals surface area contributed by atoms with E-state index in [-0.39, 0.29) is 0 Å². The quantitative estimate of drug-likeness (QED) is 0.116. The standard InChI is InChI=1S/H26O58Si24/c1-59-24-65(10)37-72(17)31-63(6,7)32-73(18)38-66(11,25-59)40-76(21,39-65)54-82(52-72,53-73)58-80-35-64(8,9)34-71(16)42-68(13)26-60(2)27-69(14,48-80)49-81(47-68,56-78(23,44-71)55-80)57-79-29-61(3)28-67(12)36-70(15)30-62(4,5)33-74(19,50-79)45-75(20,43-70)46-77(22,41-67)51-79/h1-23,59-61H. The highest BCUT2D eigenvalue weighted by Crippen LogP contribution is 2.49. The third-order valence-corrected chi connectivity index (χ3v) is 80.4. The van der Waals surface area contributed by atoms with Crippen LogP contribution in [0.25, 0.3) is 0 Å². The molecule has 0 radical (unpaired) electrons. The van der Waals surface area contributed by atoms with Gasteiger partial charge in [-0.15, -0.1) is 0 Å². The molecule has 12 heterocycles. The van der Waals surface area contributed by atoms with Crippen molar-refractivity contribution >= 4 is 219 Å². The maximum absolute atomic E-state index is 12.5. The summed E-state index contributed by atoms with van der Waals surface area (Å²) in [6.45, 7) is 0. The van der Waals surface area contributed by atoms with Crippen LogP contribution in [0.15, 0.2) is 0 Å². The molecule has 58 nitrogen and oxygen atoms in total. The second-order valence-electron chi connectivity index (χ2n) is 15.6. The summed E-state index contributed by atoms with van der Waals surface area (Å²) in [5, 5.41) is 0. The van der Waals surface area contributed by atoms with Crippen molar-refractivity contribution in [3.8, 4) is 0 Å². The molecule has 12 rings (SSSR count). The first kappa shape index (κ1) is 65.0. The van der Waals surface area contributed by atoms with Crippen LogP contribution >= 0.6 is 0 Å². The largest absolute Gasteiger partial charge is 0.662 e. The second-order valence-corrected chi connectivity index (χ2v) is 68.7. The Morgan fingerprint density at radius 1 is 0.171 bits per heavy atom. The van der Waals surface area contributed by atoms with Gasteiger partial charge >= 0.3 is 219 Å². The number of hydrogen-bond acceptors (Lipinski definition) is 58. The Bertz CT molecular complexity index is 2510. The first-order chi connectivity index (χ1) is 36.8. The molecule has 18 unspecified atom stereocenters. The summed E-state index contributed by atoms with van der Waals surface area (Å²) in [5.41, 5.74) is 0. The molecule has 0 saturated carbocycles. The lowest BCUT2D eigenvalue weighted by Crippen LogP contribution is -2.89. The molecule has 470 valence electrons. The lowest BCUT2D eigenvalue weighted by molar-refractivity contribution is -0.124. The van der Waals surface area contributed by atoms with E-state index >= 15 is 0 Å². The van der Waals surface area contributed by atoms with Crippen LogP contribution in [-0.4, -0.2) is 329 Å². The maximum atomic E-state index is 12.5. The number of fused-ring (bicyclic) bond motifs is 12. The van der Waals surface area contributed by atoms with Gasteiger partial charge in [-0.05, 0) is 0 Å². The Kier molecular flexibility index (Phi) is 15.3. The molecule has 18 atom stereocenters. The summed E-state index contributed by atoms with van der Waals surface area (Å²) in [7, 11) is -160. The molecule has 12 fully saturated rings. The summed E-state index contributed by atoms with van der Waals surface area (Å²) in [4.78, 5) is 262. The fourth-order valence-electron chi connectivity index (χ4n) is 6.99. The number of rotatable bonds is 4.